The van der Waals surface area contributed by atoms with Gasteiger partial charge in [0.2, 0.25) is 5.91 Å². The molecule has 142 valence electrons. The van der Waals surface area contributed by atoms with E-state index in [1.54, 1.807) is 11.0 Å². The fourth-order valence-corrected chi connectivity index (χ4v) is 3.37. The Morgan fingerprint density at radius 1 is 1.11 bits per heavy atom. The van der Waals surface area contributed by atoms with Crippen LogP contribution in [0.2, 0.25) is 0 Å². The molecule has 0 aromatic heterocycles. The lowest BCUT2D eigenvalue weighted by Gasteiger charge is -2.32. The number of benzene rings is 2. The second-order valence-electron chi connectivity index (χ2n) is 6.96. The predicted octanol–water partition coefficient (Wildman–Crippen LogP) is 0.791. The monoisotopic (exact) mass is 370 g/mol. The van der Waals surface area contributed by atoms with Crippen molar-refractivity contribution < 1.29 is 18.9 Å². The molecule has 0 bridgehead atoms. The minimum Gasteiger partial charge on any atom is -0.343 e. The molecule has 0 aliphatic carbocycles. The lowest BCUT2D eigenvalue weighted by Crippen LogP contribution is -3.13. The van der Waals surface area contributed by atoms with E-state index in [0.717, 1.165) is 19.6 Å². The summed E-state index contributed by atoms with van der Waals surface area (Å²) in [7, 11) is 0. The van der Waals surface area contributed by atoms with Crippen LogP contribution >= 0.6 is 0 Å². The molecule has 0 atom stereocenters. The number of hydrogen-bond donors (Lipinski definition) is 2. The average Bonchev–Trinajstić information content (AvgIpc) is 2.67. The van der Waals surface area contributed by atoms with Gasteiger partial charge in [0.05, 0.1) is 38.3 Å². The van der Waals surface area contributed by atoms with E-state index in [0.29, 0.717) is 13.1 Å². The Kier molecular flexibility index (Phi) is 6.19. The number of hydrogen-bond acceptors (Lipinski definition) is 2. The van der Waals surface area contributed by atoms with Gasteiger partial charge in [-0.3, -0.25) is 9.59 Å². The summed E-state index contributed by atoms with van der Waals surface area (Å²) in [4.78, 5) is 27.6. The Hall–Kier alpha value is -2.73. The van der Waals surface area contributed by atoms with Crippen LogP contribution in [0.15, 0.2) is 48.5 Å². The van der Waals surface area contributed by atoms with Crippen molar-refractivity contribution in [1.82, 2.24) is 10.2 Å². The number of halogens is 1. The van der Waals surface area contributed by atoms with Crippen molar-refractivity contribution in [3.8, 4) is 0 Å². The molecule has 1 aliphatic rings. The summed E-state index contributed by atoms with van der Waals surface area (Å²) in [6.45, 7) is 6.01. The number of nitrogens with one attached hydrogen (secondary N) is 2. The molecule has 0 spiro atoms. The first-order valence-corrected chi connectivity index (χ1v) is 9.22. The summed E-state index contributed by atoms with van der Waals surface area (Å²) in [5.74, 6) is -1.28. The quantitative estimate of drug-likeness (QED) is 0.818. The number of rotatable bonds is 5. The first-order chi connectivity index (χ1) is 13.0. The summed E-state index contributed by atoms with van der Waals surface area (Å²) in [5, 5.41) is 2.52. The zero-order chi connectivity index (χ0) is 19.2. The van der Waals surface area contributed by atoms with Crippen LogP contribution in [0.25, 0.3) is 0 Å². The van der Waals surface area contributed by atoms with Crippen LogP contribution in [0, 0.1) is 12.7 Å². The van der Waals surface area contributed by atoms with E-state index in [-0.39, 0.29) is 18.0 Å². The Balaban J connectivity index is 1.44. The van der Waals surface area contributed by atoms with Gasteiger partial charge in [0.25, 0.3) is 5.91 Å². The average molecular weight is 370 g/mol. The number of amides is 2. The Morgan fingerprint density at radius 3 is 2.56 bits per heavy atom. The minimum absolute atomic E-state index is 0.0438. The number of carbonyl (C=O) groups is 2. The van der Waals surface area contributed by atoms with Crippen molar-refractivity contribution in [3.05, 3.63) is 71.0 Å². The molecule has 1 aliphatic heterocycles. The normalized spacial score (nSPS) is 14.8. The van der Waals surface area contributed by atoms with Gasteiger partial charge in [0, 0.05) is 5.56 Å². The standard InChI is InChI=1S/C21H24FN3O2/c1-16-5-4-6-17(13-16)15-24-9-11-25(12-10-24)20(26)14-23-21(27)18-7-2-3-8-19(18)22/h2-8,13H,9-12,14-15H2,1H3,(H,23,27)/p+1. The van der Waals surface area contributed by atoms with Gasteiger partial charge >= 0.3 is 0 Å². The molecule has 1 fully saturated rings. The molecule has 3 rings (SSSR count). The largest absolute Gasteiger partial charge is 0.343 e. The lowest BCUT2D eigenvalue weighted by molar-refractivity contribution is -0.917. The van der Waals surface area contributed by atoms with Gasteiger partial charge < -0.3 is 15.1 Å². The third kappa shape index (κ3) is 5.14. The van der Waals surface area contributed by atoms with E-state index in [9.17, 15) is 14.0 Å². The van der Waals surface area contributed by atoms with Crippen molar-refractivity contribution in [2.24, 2.45) is 0 Å². The lowest BCUT2D eigenvalue weighted by atomic mass is 10.1. The van der Waals surface area contributed by atoms with E-state index in [1.165, 1.54) is 34.2 Å². The van der Waals surface area contributed by atoms with E-state index in [4.69, 9.17) is 0 Å². The Morgan fingerprint density at radius 2 is 1.85 bits per heavy atom. The van der Waals surface area contributed by atoms with Gasteiger partial charge in [-0.2, -0.15) is 0 Å². The van der Waals surface area contributed by atoms with Crippen molar-refractivity contribution in [3.63, 3.8) is 0 Å². The van der Waals surface area contributed by atoms with Crippen LogP contribution in [0.3, 0.4) is 0 Å². The highest BCUT2D eigenvalue weighted by molar-refractivity contribution is 5.96. The molecule has 0 saturated carbocycles. The molecule has 6 heteroatoms. The molecule has 0 unspecified atom stereocenters. The highest BCUT2D eigenvalue weighted by Gasteiger charge is 2.24. The highest BCUT2D eigenvalue weighted by Crippen LogP contribution is 2.06. The van der Waals surface area contributed by atoms with Gasteiger partial charge in [-0.25, -0.2) is 4.39 Å². The number of aryl methyl sites for hydroxylation is 1. The summed E-state index contributed by atoms with van der Waals surface area (Å²) >= 11 is 0. The molecule has 27 heavy (non-hydrogen) atoms. The SMILES string of the molecule is Cc1cccc(C[NH+]2CCN(C(=O)CNC(=O)c3ccccc3F)CC2)c1. The smallest absolute Gasteiger partial charge is 0.254 e. The molecule has 2 aromatic rings. The second kappa shape index (κ2) is 8.77. The summed E-state index contributed by atoms with van der Waals surface area (Å²) in [5.41, 5.74) is 2.52. The molecule has 1 heterocycles. The summed E-state index contributed by atoms with van der Waals surface area (Å²) in [6, 6.07) is 14.2. The summed E-state index contributed by atoms with van der Waals surface area (Å²) in [6.07, 6.45) is 0. The molecular weight excluding hydrogens is 345 g/mol. The Bertz CT molecular complexity index is 817. The topological polar surface area (TPSA) is 53.9 Å². The molecule has 2 N–H and O–H groups in total. The zero-order valence-corrected chi connectivity index (χ0v) is 15.5. The minimum atomic E-state index is -0.587. The Labute approximate surface area is 158 Å². The first kappa shape index (κ1) is 19.0. The summed E-state index contributed by atoms with van der Waals surface area (Å²) < 4.78 is 13.6. The van der Waals surface area contributed by atoms with Crippen molar-refractivity contribution in [1.29, 1.82) is 0 Å². The molecular formula is C21H25FN3O2+. The van der Waals surface area contributed by atoms with Crippen LogP contribution in [0.1, 0.15) is 21.5 Å². The van der Waals surface area contributed by atoms with Gasteiger partial charge in [-0.05, 0) is 19.1 Å². The van der Waals surface area contributed by atoms with Crippen LogP contribution in [-0.4, -0.2) is 49.4 Å². The maximum atomic E-state index is 13.6. The predicted molar refractivity (Wildman–Crippen MR) is 101 cm³/mol. The molecule has 0 radical (unpaired) electrons. The van der Waals surface area contributed by atoms with Crippen LogP contribution in [0.5, 0.6) is 0 Å². The first-order valence-electron chi connectivity index (χ1n) is 9.22. The molecule has 5 nitrogen and oxygen atoms in total. The number of carbonyl (C=O) groups excluding carboxylic acids is 2. The van der Waals surface area contributed by atoms with E-state index in [2.05, 4.69) is 36.5 Å². The van der Waals surface area contributed by atoms with E-state index >= 15 is 0 Å². The van der Waals surface area contributed by atoms with Crippen molar-refractivity contribution in [2.75, 3.05) is 32.7 Å². The van der Waals surface area contributed by atoms with Gasteiger partial charge in [0.15, 0.2) is 0 Å². The molecule has 1 saturated heterocycles. The molecule has 2 aromatic carbocycles. The third-order valence-corrected chi connectivity index (χ3v) is 4.88. The fraction of sp³-hybridized carbons (Fsp3) is 0.333. The number of piperazine rings is 1. The highest BCUT2D eigenvalue weighted by atomic mass is 19.1. The number of nitrogens with zero attached hydrogens (tertiary/aromatic N) is 1. The van der Waals surface area contributed by atoms with Gasteiger partial charge in [0.1, 0.15) is 12.4 Å². The maximum Gasteiger partial charge on any atom is 0.254 e. The number of quaternary nitrogens is 1. The van der Waals surface area contributed by atoms with Crippen LogP contribution < -0.4 is 10.2 Å². The van der Waals surface area contributed by atoms with E-state index < -0.39 is 11.7 Å². The van der Waals surface area contributed by atoms with Gasteiger partial charge in [-0.15, -0.1) is 0 Å². The van der Waals surface area contributed by atoms with Gasteiger partial charge in [-0.1, -0.05) is 42.0 Å². The maximum absolute atomic E-state index is 13.6. The van der Waals surface area contributed by atoms with Crippen molar-refractivity contribution in [2.45, 2.75) is 13.5 Å². The third-order valence-electron chi connectivity index (χ3n) is 4.88. The fourth-order valence-electron chi connectivity index (χ4n) is 3.37. The molecule has 2 amide bonds. The zero-order valence-electron chi connectivity index (χ0n) is 15.5. The second-order valence-corrected chi connectivity index (χ2v) is 6.96. The van der Waals surface area contributed by atoms with Crippen LogP contribution in [0.4, 0.5) is 4.39 Å². The van der Waals surface area contributed by atoms with E-state index in [1.807, 2.05) is 0 Å². The van der Waals surface area contributed by atoms with Crippen molar-refractivity contribution >= 4 is 11.8 Å². The van der Waals surface area contributed by atoms with Crippen LogP contribution in [-0.2, 0) is 11.3 Å².